The first-order chi connectivity index (χ1) is 11.0. The van der Waals surface area contributed by atoms with Crippen molar-refractivity contribution in [3.8, 4) is 0 Å². The van der Waals surface area contributed by atoms with Crippen molar-refractivity contribution in [2.45, 2.75) is 51.1 Å². The highest BCUT2D eigenvalue weighted by Gasteiger charge is 2.52. The van der Waals surface area contributed by atoms with Crippen LogP contribution in [0.3, 0.4) is 0 Å². The molecular formula is C16H24N4O2S. The number of nitrogens with zero attached hydrogens (tertiary/aromatic N) is 3. The summed E-state index contributed by atoms with van der Waals surface area (Å²) in [6, 6.07) is -0.226. The number of amides is 3. The Labute approximate surface area is 140 Å². The van der Waals surface area contributed by atoms with E-state index in [4.69, 9.17) is 0 Å². The maximum absolute atomic E-state index is 12.6. The molecule has 2 heterocycles. The van der Waals surface area contributed by atoms with E-state index < -0.39 is 5.54 Å². The number of nitrogens with one attached hydrogen (secondary N) is 1. The molecule has 0 radical (unpaired) electrons. The molecule has 23 heavy (non-hydrogen) atoms. The van der Waals surface area contributed by atoms with Crippen LogP contribution in [0.25, 0.3) is 0 Å². The number of aromatic nitrogens is 1. The van der Waals surface area contributed by atoms with Crippen LogP contribution in [0.4, 0.5) is 4.79 Å². The van der Waals surface area contributed by atoms with E-state index in [1.54, 1.807) is 11.3 Å². The Balaban J connectivity index is 1.53. The van der Waals surface area contributed by atoms with Gasteiger partial charge in [0.25, 0.3) is 5.91 Å². The smallest absolute Gasteiger partial charge is 0.323 e. The lowest BCUT2D eigenvalue weighted by molar-refractivity contribution is -0.131. The van der Waals surface area contributed by atoms with Gasteiger partial charge in [-0.25, -0.2) is 9.78 Å². The molecule has 2 fully saturated rings. The van der Waals surface area contributed by atoms with Crippen LogP contribution in [0.15, 0.2) is 6.20 Å². The van der Waals surface area contributed by atoms with E-state index in [9.17, 15) is 9.59 Å². The number of rotatable bonds is 6. The maximum Gasteiger partial charge on any atom is 0.325 e. The van der Waals surface area contributed by atoms with Gasteiger partial charge in [-0.1, -0.05) is 19.8 Å². The van der Waals surface area contributed by atoms with Crippen molar-refractivity contribution in [3.63, 3.8) is 0 Å². The number of thiazole rings is 1. The SMILES string of the molecule is CCc1ncc(CN(C)CCN2C(=O)NC3(CCCC3)C2=O)s1. The second-order valence-corrected chi connectivity index (χ2v) is 7.69. The molecule has 0 atom stereocenters. The van der Waals surface area contributed by atoms with E-state index in [0.717, 1.165) is 43.7 Å². The number of likely N-dealkylation sites (N-methyl/N-ethyl adjacent to an activating group) is 1. The third-order valence-corrected chi connectivity index (χ3v) is 5.86. The van der Waals surface area contributed by atoms with E-state index >= 15 is 0 Å². The average Bonchev–Trinajstić information content (AvgIpc) is 3.21. The van der Waals surface area contributed by atoms with Crippen molar-refractivity contribution in [3.05, 3.63) is 16.1 Å². The molecule has 1 aromatic rings. The van der Waals surface area contributed by atoms with Crippen LogP contribution in [-0.2, 0) is 17.8 Å². The summed E-state index contributed by atoms with van der Waals surface area (Å²) in [5.41, 5.74) is -0.594. The Morgan fingerprint density at radius 1 is 1.39 bits per heavy atom. The summed E-state index contributed by atoms with van der Waals surface area (Å²) >= 11 is 1.72. The molecule has 1 spiro atoms. The molecule has 0 aromatic carbocycles. The number of carbonyl (C=O) groups is 2. The second-order valence-electron chi connectivity index (χ2n) is 6.49. The normalized spacial score (nSPS) is 20.0. The zero-order valence-electron chi connectivity index (χ0n) is 13.8. The minimum atomic E-state index is -0.594. The number of imide groups is 1. The highest BCUT2D eigenvalue weighted by Crippen LogP contribution is 2.34. The molecule has 6 nitrogen and oxygen atoms in total. The van der Waals surface area contributed by atoms with Gasteiger partial charge in [0.1, 0.15) is 5.54 Å². The predicted octanol–water partition coefficient (Wildman–Crippen LogP) is 2.00. The molecule has 126 valence electrons. The van der Waals surface area contributed by atoms with Crippen molar-refractivity contribution in [2.24, 2.45) is 0 Å². The Hall–Kier alpha value is -1.47. The third-order valence-electron chi connectivity index (χ3n) is 4.74. The minimum absolute atomic E-state index is 0.0283. The lowest BCUT2D eigenvalue weighted by Gasteiger charge is -2.22. The van der Waals surface area contributed by atoms with Crippen molar-refractivity contribution < 1.29 is 9.59 Å². The molecule has 3 rings (SSSR count). The van der Waals surface area contributed by atoms with Crippen LogP contribution in [0, 0.1) is 0 Å². The Bertz CT molecular complexity index is 595. The van der Waals surface area contributed by atoms with Crippen LogP contribution in [0.2, 0.25) is 0 Å². The minimum Gasteiger partial charge on any atom is -0.323 e. The molecule has 1 N–H and O–H groups in total. The summed E-state index contributed by atoms with van der Waals surface area (Å²) in [6.07, 6.45) is 6.48. The maximum atomic E-state index is 12.6. The van der Waals surface area contributed by atoms with Crippen LogP contribution in [0.1, 0.15) is 42.5 Å². The van der Waals surface area contributed by atoms with Gasteiger partial charge in [0.15, 0.2) is 0 Å². The van der Waals surface area contributed by atoms with Gasteiger partial charge in [-0.3, -0.25) is 14.6 Å². The van der Waals surface area contributed by atoms with E-state index in [1.807, 2.05) is 13.2 Å². The summed E-state index contributed by atoms with van der Waals surface area (Å²) in [5.74, 6) is -0.0283. The van der Waals surface area contributed by atoms with Gasteiger partial charge in [0.05, 0.1) is 5.01 Å². The van der Waals surface area contributed by atoms with Gasteiger partial charge in [-0.2, -0.15) is 0 Å². The number of hydrogen-bond donors (Lipinski definition) is 1. The van der Waals surface area contributed by atoms with Crippen LogP contribution in [0.5, 0.6) is 0 Å². The quantitative estimate of drug-likeness (QED) is 0.807. The van der Waals surface area contributed by atoms with Crippen molar-refractivity contribution in [1.82, 2.24) is 20.1 Å². The van der Waals surface area contributed by atoms with E-state index in [1.165, 1.54) is 9.78 Å². The number of hydrogen-bond acceptors (Lipinski definition) is 5. The summed E-state index contributed by atoms with van der Waals surface area (Å²) in [4.78, 5) is 33.8. The van der Waals surface area contributed by atoms with Crippen molar-refractivity contribution in [2.75, 3.05) is 20.1 Å². The number of urea groups is 1. The van der Waals surface area contributed by atoms with Gasteiger partial charge in [0.2, 0.25) is 0 Å². The van der Waals surface area contributed by atoms with Gasteiger partial charge in [-0.15, -0.1) is 11.3 Å². The standard InChI is InChI=1S/C16H24N4O2S/c1-3-13-17-10-12(23-13)11-19(2)8-9-20-14(21)16(18-15(20)22)6-4-5-7-16/h10H,3-9,11H2,1-2H3,(H,18,22). The van der Waals surface area contributed by atoms with Crippen molar-refractivity contribution >= 4 is 23.3 Å². The zero-order chi connectivity index (χ0) is 16.4. The number of aryl methyl sites for hydroxylation is 1. The summed E-state index contributed by atoms with van der Waals surface area (Å²) in [6.45, 7) is 4.02. The van der Waals surface area contributed by atoms with E-state index in [-0.39, 0.29) is 11.9 Å². The first-order valence-corrected chi connectivity index (χ1v) is 9.12. The van der Waals surface area contributed by atoms with Gasteiger partial charge < -0.3 is 5.32 Å². The molecule has 0 bridgehead atoms. The third kappa shape index (κ3) is 3.26. The average molecular weight is 336 g/mol. The summed E-state index contributed by atoms with van der Waals surface area (Å²) < 4.78 is 0. The topological polar surface area (TPSA) is 65.5 Å². The number of carbonyl (C=O) groups excluding carboxylic acids is 2. The molecule has 1 aliphatic heterocycles. The Morgan fingerprint density at radius 2 is 2.13 bits per heavy atom. The van der Waals surface area contributed by atoms with Crippen LogP contribution >= 0.6 is 11.3 Å². The Morgan fingerprint density at radius 3 is 2.78 bits per heavy atom. The highest BCUT2D eigenvalue weighted by atomic mass is 32.1. The first-order valence-electron chi connectivity index (χ1n) is 8.30. The molecule has 7 heteroatoms. The molecular weight excluding hydrogens is 312 g/mol. The molecule has 1 saturated heterocycles. The first kappa shape index (κ1) is 16.4. The lowest BCUT2D eigenvalue weighted by Crippen LogP contribution is -2.44. The zero-order valence-corrected chi connectivity index (χ0v) is 14.6. The summed E-state index contributed by atoms with van der Waals surface area (Å²) in [7, 11) is 2.01. The molecule has 2 aliphatic rings. The van der Waals surface area contributed by atoms with Crippen LogP contribution < -0.4 is 5.32 Å². The van der Waals surface area contributed by atoms with Gasteiger partial charge in [-0.05, 0) is 26.3 Å². The fourth-order valence-electron chi connectivity index (χ4n) is 3.40. The van der Waals surface area contributed by atoms with E-state index in [0.29, 0.717) is 13.1 Å². The monoisotopic (exact) mass is 336 g/mol. The lowest BCUT2D eigenvalue weighted by atomic mass is 9.98. The van der Waals surface area contributed by atoms with Crippen LogP contribution in [-0.4, -0.2) is 52.4 Å². The largest absolute Gasteiger partial charge is 0.325 e. The van der Waals surface area contributed by atoms with Gasteiger partial charge >= 0.3 is 6.03 Å². The molecule has 1 aromatic heterocycles. The fraction of sp³-hybridized carbons (Fsp3) is 0.688. The predicted molar refractivity (Wildman–Crippen MR) is 89.3 cm³/mol. The molecule has 0 unspecified atom stereocenters. The molecule has 1 saturated carbocycles. The molecule has 3 amide bonds. The van der Waals surface area contributed by atoms with Crippen molar-refractivity contribution in [1.29, 1.82) is 0 Å². The fourth-order valence-corrected chi connectivity index (χ4v) is 4.34. The Kier molecular flexibility index (Phi) is 4.68. The van der Waals surface area contributed by atoms with E-state index in [2.05, 4.69) is 22.1 Å². The molecule has 1 aliphatic carbocycles. The highest BCUT2D eigenvalue weighted by molar-refractivity contribution is 7.11. The summed E-state index contributed by atoms with van der Waals surface area (Å²) in [5, 5.41) is 4.07. The second kappa shape index (κ2) is 6.57. The van der Waals surface area contributed by atoms with Gasteiger partial charge in [0, 0.05) is 30.7 Å².